The summed E-state index contributed by atoms with van der Waals surface area (Å²) in [6.45, 7) is 1.96. The summed E-state index contributed by atoms with van der Waals surface area (Å²) in [4.78, 5) is 11.6. The van der Waals surface area contributed by atoms with Crippen LogP contribution in [0.3, 0.4) is 0 Å². The Labute approximate surface area is 87.1 Å². The molecule has 1 rings (SSSR count). The maximum Gasteiger partial charge on any atom is 0.255 e. The molecule has 1 aromatic rings. The van der Waals surface area contributed by atoms with E-state index in [-0.39, 0.29) is 5.56 Å². The summed E-state index contributed by atoms with van der Waals surface area (Å²) in [6, 6.07) is 5.96. The number of alkyl halides is 2. The van der Waals surface area contributed by atoms with Gasteiger partial charge in [-0.25, -0.2) is 8.78 Å². The lowest BCUT2D eigenvalue weighted by atomic mass is 9.94. The Kier molecular flexibility index (Phi) is 3.07. The Balaban J connectivity index is 2.90. The summed E-state index contributed by atoms with van der Waals surface area (Å²) in [5, 5.41) is 0. The van der Waals surface area contributed by atoms with Crippen molar-refractivity contribution >= 4 is 11.5 Å². The van der Waals surface area contributed by atoms with Crippen LogP contribution in [0.5, 0.6) is 0 Å². The molecule has 0 aromatic heterocycles. The van der Waals surface area contributed by atoms with Gasteiger partial charge in [0, 0.05) is 18.2 Å². The molecule has 0 saturated heterocycles. The van der Waals surface area contributed by atoms with Gasteiger partial charge in [-0.1, -0.05) is 0 Å². The molecule has 2 N–H and O–H groups in total. The molecule has 1 unspecified atom stereocenters. The minimum Gasteiger partial charge on any atom is -0.399 e. The van der Waals surface area contributed by atoms with Crippen LogP contribution in [-0.4, -0.2) is 11.7 Å². The molecule has 15 heavy (non-hydrogen) atoms. The van der Waals surface area contributed by atoms with Crippen LogP contribution in [0, 0.1) is 5.92 Å². The minimum absolute atomic E-state index is 0.262. The maximum absolute atomic E-state index is 12.9. The topological polar surface area (TPSA) is 43.1 Å². The number of rotatable bonds is 3. The molecule has 0 radical (unpaired) electrons. The van der Waals surface area contributed by atoms with Crippen molar-refractivity contribution in [1.29, 1.82) is 0 Å². The van der Waals surface area contributed by atoms with Crippen molar-refractivity contribution in [3.63, 3.8) is 0 Å². The largest absolute Gasteiger partial charge is 0.399 e. The molecule has 0 aliphatic rings. The standard InChI is InChI=1S/C11H13F2NO/c1-7(11(2,12)13)10(15)8-3-5-9(14)6-4-8/h3-7H,14H2,1-2H3. The molecule has 0 heterocycles. The Morgan fingerprint density at radius 1 is 1.33 bits per heavy atom. The van der Waals surface area contributed by atoms with E-state index >= 15 is 0 Å². The predicted molar refractivity (Wildman–Crippen MR) is 55.0 cm³/mol. The Morgan fingerprint density at radius 2 is 1.80 bits per heavy atom. The highest BCUT2D eigenvalue weighted by Gasteiger charge is 2.35. The van der Waals surface area contributed by atoms with Gasteiger partial charge in [-0.3, -0.25) is 4.79 Å². The van der Waals surface area contributed by atoms with Crippen LogP contribution in [0.4, 0.5) is 14.5 Å². The number of hydrogen-bond donors (Lipinski definition) is 1. The average Bonchev–Trinajstić information content (AvgIpc) is 2.15. The van der Waals surface area contributed by atoms with Gasteiger partial charge in [-0.05, 0) is 31.2 Å². The highest BCUT2D eigenvalue weighted by atomic mass is 19.3. The van der Waals surface area contributed by atoms with Crippen molar-refractivity contribution in [3.8, 4) is 0 Å². The van der Waals surface area contributed by atoms with Gasteiger partial charge in [0.15, 0.2) is 5.78 Å². The van der Waals surface area contributed by atoms with Crippen LogP contribution in [0.25, 0.3) is 0 Å². The van der Waals surface area contributed by atoms with E-state index in [0.29, 0.717) is 5.69 Å². The highest BCUT2D eigenvalue weighted by molar-refractivity contribution is 5.98. The van der Waals surface area contributed by atoms with Gasteiger partial charge in [0.05, 0.1) is 5.92 Å². The number of carbonyl (C=O) groups is 1. The summed E-state index contributed by atoms with van der Waals surface area (Å²) in [7, 11) is 0. The molecule has 4 heteroatoms. The Hall–Kier alpha value is -1.45. The van der Waals surface area contributed by atoms with Gasteiger partial charge in [0.25, 0.3) is 5.92 Å². The number of benzene rings is 1. The summed E-state index contributed by atoms with van der Waals surface area (Å²) in [5.41, 5.74) is 6.19. The summed E-state index contributed by atoms with van der Waals surface area (Å²) in [5.74, 6) is -4.89. The molecule has 1 atom stereocenters. The number of carbonyl (C=O) groups excluding carboxylic acids is 1. The van der Waals surface area contributed by atoms with Crippen LogP contribution in [0.1, 0.15) is 24.2 Å². The number of Topliss-reactive ketones (excluding diaryl/α,β-unsaturated/α-hetero) is 1. The third-order valence-corrected chi connectivity index (χ3v) is 2.35. The second-order valence-corrected chi connectivity index (χ2v) is 3.66. The van der Waals surface area contributed by atoms with E-state index in [4.69, 9.17) is 5.73 Å². The fraction of sp³-hybridized carbons (Fsp3) is 0.364. The summed E-state index contributed by atoms with van der Waals surface area (Å²) >= 11 is 0. The molecule has 1 aromatic carbocycles. The van der Waals surface area contributed by atoms with Gasteiger partial charge in [-0.15, -0.1) is 0 Å². The van der Waals surface area contributed by atoms with E-state index < -0.39 is 17.6 Å². The number of nitrogen functional groups attached to an aromatic ring is 1. The molecular formula is C11H13F2NO. The van der Waals surface area contributed by atoms with E-state index in [0.717, 1.165) is 6.92 Å². The molecule has 2 nitrogen and oxygen atoms in total. The zero-order valence-corrected chi connectivity index (χ0v) is 8.63. The first-order valence-corrected chi connectivity index (χ1v) is 4.60. The van der Waals surface area contributed by atoms with Crippen molar-refractivity contribution in [1.82, 2.24) is 0 Å². The molecule has 0 amide bonds. The second kappa shape index (κ2) is 3.96. The zero-order chi connectivity index (χ0) is 11.6. The van der Waals surface area contributed by atoms with Crippen molar-refractivity contribution in [2.75, 3.05) is 5.73 Å². The first-order valence-electron chi connectivity index (χ1n) is 4.60. The molecule has 0 saturated carbocycles. The SMILES string of the molecule is CC(C(=O)c1ccc(N)cc1)C(C)(F)F. The van der Waals surface area contributed by atoms with Gasteiger partial charge in [0.1, 0.15) is 0 Å². The quantitative estimate of drug-likeness (QED) is 0.619. The maximum atomic E-state index is 12.9. The zero-order valence-electron chi connectivity index (χ0n) is 8.63. The van der Waals surface area contributed by atoms with E-state index in [1.165, 1.54) is 31.2 Å². The summed E-state index contributed by atoms with van der Waals surface area (Å²) in [6.07, 6.45) is 0. The number of halogens is 2. The van der Waals surface area contributed by atoms with Gasteiger partial charge >= 0.3 is 0 Å². The van der Waals surface area contributed by atoms with Crippen LogP contribution >= 0.6 is 0 Å². The van der Waals surface area contributed by atoms with Gasteiger partial charge in [0.2, 0.25) is 0 Å². The molecule has 82 valence electrons. The van der Waals surface area contributed by atoms with Crippen molar-refractivity contribution in [2.45, 2.75) is 19.8 Å². The van der Waals surface area contributed by atoms with Crippen LogP contribution in [-0.2, 0) is 0 Å². The van der Waals surface area contributed by atoms with E-state index in [1.54, 1.807) is 0 Å². The predicted octanol–water partition coefficient (Wildman–Crippen LogP) is 2.74. The van der Waals surface area contributed by atoms with Crippen molar-refractivity contribution < 1.29 is 13.6 Å². The molecule has 0 aliphatic carbocycles. The first kappa shape index (κ1) is 11.6. The lowest BCUT2D eigenvalue weighted by Gasteiger charge is -2.17. The van der Waals surface area contributed by atoms with Crippen LogP contribution in [0.2, 0.25) is 0 Å². The lowest BCUT2D eigenvalue weighted by molar-refractivity contribution is -0.0222. The monoisotopic (exact) mass is 213 g/mol. The van der Waals surface area contributed by atoms with Crippen molar-refractivity contribution in [3.05, 3.63) is 29.8 Å². The van der Waals surface area contributed by atoms with Crippen molar-refractivity contribution in [2.24, 2.45) is 5.92 Å². The fourth-order valence-electron chi connectivity index (χ4n) is 1.13. The lowest BCUT2D eigenvalue weighted by Crippen LogP contribution is -2.29. The summed E-state index contributed by atoms with van der Waals surface area (Å²) < 4.78 is 25.8. The third-order valence-electron chi connectivity index (χ3n) is 2.35. The average molecular weight is 213 g/mol. The van der Waals surface area contributed by atoms with E-state index in [1.807, 2.05) is 0 Å². The highest BCUT2D eigenvalue weighted by Crippen LogP contribution is 2.26. The van der Waals surface area contributed by atoms with Gasteiger partial charge < -0.3 is 5.73 Å². The van der Waals surface area contributed by atoms with E-state index in [9.17, 15) is 13.6 Å². The van der Waals surface area contributed by atoms with E-state index in [2.05, 4.69) is 0 Å². The number of ketones is 1. The Morgan fingerprint density at radius 3 is 2.20 bits per heavy atom. The molecule has 0 aliphatic heterocycles. The smallest absolute Gasteiger partial charge is 0.255 e. The van der Waals surface area contributed by atoms with Crippen LogP contribution in [0.15, 0.2) is 24.3 Å². The second-order valence-electron chi connectivity index (χ2n) is 3.66. The molecule has 0 bridgehead atoms. The number of anilines is 1. The van der Waals surface area contributed by atoms with Crippen LogP contribution < -0.4 is 5.73 Å². The number of nitrogens with two attached hydrogens (primary N) is 1. The Bertz CT molecular complexity index is 354. The fourth-order valence-corrected chi connectivity index (χ4v) is 1.13. The molecule has 0 spiro atoms. The normalized spacial score (nSPS) is 13.6. The van der Waals surface area contributed by atoms with Gasteiger partial charge in [-0.2, -0.15) is 0 Å². The number of hydrogen-bond acceptors (Lipinski definition) is 2. The molecule has 0 fully saturated rings. The molecular weight excluding hydrogens is 200 g/mol. The minimum atomic E-state index is -3.00. The first-order chi connectivity index (χ1) is 6.82. The third kappa shape index (κ3) is 2.75.